The van der Waals surface area contributed by atoms with Crippen LogP contribution in [0.3, 0.4) is 0 Å². The maximum atomic E-state index is 12.4. The van der Waals surface area contributed by atoms with Gasteiger partial charge in [-0.25, -0.2) is 8.42 Å². The molecular formula is C21H29N5O4S. The predicted octanol–water partition coefficient (Wildman–Crippen LogP) is 1.09. The number of hydrogen-bond acceptors (Lipinski definition) is 5. The highest BCUT2D eigenvalue weighted by Gasteiger charge is 2.25. The van der Waals surface area contributed by atoms with E-state index < -0.39 is 21.8 Å². The zero-order valence-corrected chi connectivity index (χ0v) is 19.1. The van der Waals surface area contributed by atoms with E-state index in [1.54, 1.807) is 18.2 Å². The van der Waals surface area contributed by atoms with Crippen molar-refractivity contribution in [3.05, 3.63) is 47.8 Å². The molecule has 1 aliphatic heterocycles. The summed E-state index contributed by atoms with van der Waals surface area (Å²) in [4.78, 5) is 26.8. The lowest BCUT2D eigenvalue weighted by Gasteiger charge is -2.29. The van der Waals surface area contributed by atoms with Crippen LogP contribution >= 0.6 is 0 Å². The fraction of sp³-hybridized carbons (Fsp3) is 0.429. The first-order chi connectivity index (χ1) is 14.6. The summed E-state index contributed by atoms with van der Waals surface area (Å²) in [6.45, 7) is 0.665. The summed E-state index contributed by atoms with van der Waals surface area (Å²) in [7, 11) is 2.32. The monoisotopic (exact) mass is 447 g/mol. The highest BCUT2D eigenvalue weighted by atomic mass is 32.2. The molecule has 1 atom stereocenters. The van der Waals surface area contributed by atoms with Crippen molar-refractivity contribution in [1.82, 2.24) is 14.8 Å². The molecule has 9 nitrogen and oxygen atoms in total. The summed E-state index contributed by atoms with van der Waals surface area (Å²) in [5, 5.41) is 5.25. The lowest BCUT2D eigenvalue weighted by atomic mass is 10.0. The van der Waals surface area contributed by atoms with Crippen LogP contribution in [-0.4, -0.2) is 63.1 Å². The third-order valence-electron chi connectivity index (χ3n) is 5.43. The van der Waals surface area contributed by atoms with Crippen LogP contribution in [-0.2, 0) is 33.1 Å². The van der Waals surface area contributed by atoms with Crippen LogP contribution in [0.25, 0.3) is 0 Å². The Kier molecular flexibility index (Phi) is 6.71. The van der Waals surface area contributed by atoms with Crippen molar-refractivity contribution in [3.63, 3.8) is 0 Å². The number of benzene rings is 1. The third-order valence-corrected chi connectivity index (χ3v) is 6.61. The van der Waals surface area contributed by atoms with Gasteiger partial charge >= 0.3 is 11.8 Å². The molecule has 31 heavy (non-hydrogen) atoms. The Balaban J connectivity index is 1.67. The number of anilines is 2. The van der Waals surface area contributed by atoms with Crippen LogP contribution in [0, 0.1) is 0 Å². The van der Waals surface area contributed by atoms with Gasteiger partial charge in [-0.3, -0.25) is 18.8 Å². The zero-order valence-electron chi connectivity index (χ0n) is 18.3. The fourth-order valence-corrected chi connectivity index (χ4v) is 4.78. The van der Waals surface area contributed by atoms with Crippen molar-refractivity contribution in [3.8, 4) is 0 Å². The van der Waals surface area contributed by atoms with Crippen molar-refractivity contribution in [2.45, 2.75) is 18.9 Å². The molecule has 2 N–H and O–H groups in total. The number of rotatable bonds is 6. The van der Waals surface area contributed by atoms with E-state index in [2.05, 4.69) is 10.6 Å². The van der Waals surface area contributed by atoms with Crippen molar-refractivity contribution in [2.75, 3.05) is 43.1 Å². The Morgan fingerprint density at radius 1 is 1.19 bits per heavy atom. The molecule has 0 saturated carbocycles. The highest BCUT2D eigenvalue weighted by Crippen LogP contribution is 2.31. The number of carbonyl (C=O) groups is 2. The average molecular weight is 448 g/mol. The highest BCUT2D eigenvalue weighted by molar-refractivity contribution is 7.92. The van der Waals surface area contributed by atoms with Crippen molar-refractivity contribution in [1.29, 1.82) is 0 Å². The minimum atomic E-state index is -3.42. The van der Waals surface area contributed by atoms with Gasteiger partial charge in [0.15, 0.2) is 0 Å². The topological polar surface area (TPSA) is 104 Å². The third kappa shape index (κ3) is 5.26. The van der Waals surface area contributed by atoms with E-state index in [0.717, 1.165) is 30.4 Å². The molecule has 10 heteroatoms. The van der Waals surface area contributed by atoms with Crippen LogP contribution in [0.4, 0.5) is 11.4 Å². The van der Waals surface area contributed by atoms with Crippen LogP contribution in [0.15, 0.2) is 36.5 Å². The molecule has 0 bridgehead atoms. The predicted molar refractivity (Wildman–Crippen MR) is 120 cm³/mol. The Morgan fingerprint density at radius 2 is 1.94 bits per heavy atom. The Morgan fingerprint density at radius 3 is 2.55 bits per heavy atom. The molecule has 168 valence electrons. The zero-order chi connectivity index (χ0) is 22.8. The number of aromatic nitrogens is 1. The van der Waals surface area contributed by atoms with E-state index in [1.807, 2.05) is 48.9 Å². The number of nitrogens with zero attached hydrogens (tertiary/aromatic N) is 3. The molecule has 0 fully saturated rings. The van der Waals surface area contributed by atoms with Gasteiger partial charge in [-0.2, -0.15) is 0 Å². The molecule has 0 saturated heterocycles. The van der Waals surface area contributed by atoms with Crippen LogP contribution < -0.4 is 14.9 Å². The number of hydrogen-bond donors (Lipinski definition) is 2. The van der Waals surface area contributed by atoms with Gasteiger partial charge in [0.2, 0.25) is 10.0 Å². The SMILES string of the molecule is CN(C)[C@@H](CNC(=O)C(=O)Nc1ccc2c(c1)N(S(C)(=O)=O)CCC2)c1cccn1C. The second kappa shape index (κ2) is 9.11. The van der Waals surface area contributed by atoms with Gasteiger partial charge in [0.1, 0.15) is 0 Å². The lowest BCUT2D eigenvalue weighted by Crippen LogP contribution is -2.40. The van der Waals surface area contributed by atoms with E-state index in [1.165, 1.54) is 4.31 Å². The summed E-state index contributed by atoms with van der Waals surface area (Å²) in [6, 6.07) is 8.88. The standard InChI is InChI=1S/C21H29N5O4S/c1-24(2)19(17-8-6-11-25(17)3)14-22-20(27)21(28)23-16-10-9-15-7-5-12-26(18(15)13-16)31(4,29)30/h6,8-11,13,19H,5,7,12,14H2,1-4H3,(H,22,27)(H,23,28)/t19-/m0/s1. The molecule has 0 radical (unpaired) electrons. The Bertz CT molecular complexity index is 1080. The molecule has 3 rings (SSSR count). The molecule has 2 amide bonds. The largest absolute Gasteiger partial charge is 0.353 e. The van der Waals surface area contributed by atoms with Crippen molar-refractivity contribution < 1.29 is 18.0 Å². The lowest BCUT2D eigenvalue weighted by molar-refractivity contribution is -0.136. The average Bonchev–Trinajstić information content (AvgIpc) is 3.12. The molecule has 0 spiro atoms. The first kappa shape index (κ1) is 22.8. The summed E-state index contributed by atoms with van der Waals surface area (Å²) in [5.74, 6) is -1.55. The number of sulfonamides is 1. The molecule has 2 heterocycles. The summed E-state index contributed by atoms with van der Waals surface area (Å²) < 4.78 is 27.5. The van der Waals surface area contributed by atoms with Crippen LogP contribution in [0.1, 0.15) is 23.7 Å². The normalized spacial score (nSPS) is 14.8. The van der Waals surface area contributed by atoms with Gasteiger partial charge in [0.25, 0.3) is 0 Å². The molecule has 1 aromatic carbocycles. The van der Waals surface area contributed by atoms with Gasteiger partial charge in [-0.05, 0) is 56.8 Å². The maximum Gasteiger partial charge on any atom is 0.313 e. The molecular weight excluding hydrogens is 418 g/mol. The van der Waals surface area contributed by atoms with Crippen LogP contribution in [0.5, 0.6) is 0 Å². The van der Waals surface area contributed by atoms with E-state index >= 15 is 0 Å². The van der Waals surface area contributed by atoms with E-state index in [4.69, 9.17) is 0 Å². The van der Waals surface area contributed by atoms with Crippen molar-refractivity contribution >= 4 is 33.2 Å². The molecule has 0 aliphatic carbocycles. The Labute approximate surface area is 183 Å². The van der Waals surface area contributed by atoms with E-state index in [0.29, 0.717) is 17.9 Å². The van der Waals surface area contributed by atoms with Crippen LogP contribution in [0.2, 0.25) is 0 Å². The number of likely N-dealkylation sites (N-methyl/N-ethyl adjacent to an activating group) is 1. The summed E-state index contributed by atoms with van der Waals surface area (Å²) in [6.07, 6.45) is 4.59. The second-order valence-electron chi connectivity index (χ2n) is 7.97. The van der Waals surface area contributed by atoms with Crippen molar-refractivity contribution in [2.24, 2.45) is 7.05 Å². The number of aryl methyl sites for hydroxylation is 2. The molecule has 2 aromatic rings. The van der Waals surface area contributed by atoms with Gasteiger partial charge in [0, 0.05) is 37.7 Å². The summed E-state index contributed by atoms with van der Waals surface area (Å²) in [5.41, 5.74) is 2.83. The minimum Gasteiger partial charge on any atom is -0.353 e. The van der Waals surface area contributed by atoms with E-state index in [9.17, 15) is 18.0 Å². The Hall–Kier alpha value is -2.85. The van der Waals surface area contributed by atoms with Gasteiger partial charge in [-0.15, -0.1) is 0 Å². The first-order valence-corrected chi connectivity index (χ1v) is 11.9. The summed E-state index contributed by atoms with van der Waals surface area (Å²) >= 11 is 0. The smallest absolute Gasteiger partial charge is 0.313 e. The molecule has 1 aromatic heterocycles. The number of fused-ring (bicyclic) bond motifs is 1. The van der Waals surface area contributed by atoms with Gasteiger partial charge in [-0.1, -0.05) is 6.07 Å². The maximum absolute atomic E-state index is 12.4. The number of nitrogens with one attached hydrogen (secondary N) is 2. The van der Waals surface area contributed by atoms with Gasteiger partial charge in [0.05, 0.1) is 18.0 Å². The molecule has 1 aliphatic rings. The molecule has 0 unspecified atom stereocenters. The minimum absolute atomic E-state index is 0.0937. The second-order valence-corrected chi connectivity index (χ2v) is 9.88. The quantitative estimate of drug-likeness (QED) is 0.646. The number of amides is 2. The first-order valence-electron chi connectivity index (χ1n) is 10.1. The number of carbonyl (C=O) groups excluding carboxylic acids is 2. The van der Waals surface area contributed by atoms with E-state index in [-0.39, 0.29) is 12.6 Å². The fourth-order valence-electron chi connectivity index (χ4n) is 3.79. The van der Waals surface area contributed by atoms with Gasteiger partial charge < -0.3 is 15.2 Å².